The predicted octanol–water partition coefficient (Wildman–Crippen LogP) is 4.69. The minimum Gasteiger partial charge on any atom is -0.459 e. The summed E-state index contributed by atoms with van der Waals surface area (Å²) < 4.78 is 16.6. The first-order valence-corrected chi connectivity index (χ1v) is 20.0. The van der Waals surface area contributed by atoms with Gasteiger partial charge in [0.2, 0.25) is 11.8 Å². The van der Waals surface area contributed by atoms with Crippen LogP contribution in [0.25, 0.3) is 11.1 Å². The Morgan fingerprint density at radius 3 is 1.98 bits per heavy atom. The Balaban J connectivity index is 1.42. The van der Waals surface area contributed by atoms with Crippen LogP contribution in [0.1, 0.15) is 87.5 Å². The van der Waals surface area contributed by atoms with Crippen LogP contribution < -0.4 is 32.7 Å². The van der Waals surface area contributed by atoms with E-state index in [1.165, 1.54) is 0 Å². The molecule has 0 fully saturated rings. The van der Waals surface area contributed by atoms with Gasteiger partial charge in [0.1, 0.15) is 36.9 Å². The number of amides is 4. The number of rotatable bonds is 20. The quantitative estimate of drug-likeness (QED) is 0.0230. The molecule has 1 aliphatic rings. The van der Waals surface area contributed by atoms with E-state index >= 15 is 0 Å². The van der Waals surface area contributed by atoms with E-state index in [0.29, 0.717) is 19.3 Å². The number of guanidine groups is 1. The van der Waals surface area contributed by atoms with Gasteiger partial charge < -0.3 is 46.9 Å². The minimum absolute atomic E-state index is 0.0167. The molecule has 0 bridgehead atoms. The molecule has 3 atom stereocenters. The first-order chi connectivity index (χ1) is 28.6. The Labute approximate surface area is 351 Å². The molecule has 0 spiro atoms. The molecule has 15 nitrogen and oxygen atoms in total. The van der Waals surface area contributed by atoms with Crippen LogP contribution in [0, 0.1) is 19.3 Å². The van der Waals surface area contributed by atoms with E-state index in [4.69, 9.17) is 32.1 Å². The highest BCUT2D eigenvalue weighted by Gasteiger charge is 2.32. The fraction of sp³-hybridized carbons (Fsp3) is 0.422. The number of benzene rings is 3. The monoisotopic (exact) mass is 823 g/mol. The van der Waals surface area contributed by atoms with Gasteiger partial charge in [-0.1, -0.05) is 78.4 Å². The topological polar surface area (TPSA) is 226 Å². The molecule has 1 aliphatic carbocycles. The first kappa shape index (κ1) is 46.1. The number of nitrogens with one attached hydrogen (secondary N) is 4. The first-order valence-electron chi connectivity index (χ1n) is 20.0. The van der Waals surface area contributed by atoms with Gasteiger partial charge in [-0.3, -0.25) is 14.6 Å². The van der Waals surface area contributed by atoms with Crippen LogP contribution in [-0.4, -0.2) is 79.4 Å². The summed E-state index contributed by atoms with van der Waals surface area (Å²) in [6.45, 7) is 7.65. The highest BCUT2D eigenvalue weighted by Crippen LogP contribution is 2.44. The highest BCUT2D eigenvalue weighted by molar-refractivity contribution is 5.93. The number of ether oxygens (including phenoxy) is 3. The number of fused-ring (bicyclic) bond motifs is 3. The van der Waals surface area contributed by atoms with Gasteiger partial charge in [-0.2, -0.15) is 0 Å². The summed E-state index contributed by atoms with van der Waals surface area (Å²) >= 11 is 0. The van der Waals surface area contributed by atoms with Gasteiger partial charge in [0, 0.05) is 25.4 Å². The summed E-state index contributed by atoms with van der Waals surface area (Å²) in [6.07, 6.45) is 5.41. The molecule has 0 radical (unpaired) electrons. The van der Waals surface area contributed by atoms with Gasteiger partial charge in [0.05, 0.1) is 0 Å². The normalized spacial score (nSPS) is 13.2. The van der Waals surface area contributed by atoms with Gasteiger partial charge in [0.25, 0.3) is 0 Å². The molecule has 0 aliphatic heterocycles. The fourth-order valence-electron chi connectivity index (χ4n) is 6.59. The van der Waals surface area contributed by atoms with E-state index < -0.39 is 53.7 Å². The summed E-state index contributed by atoms with van der Waals surface area (Å²) in [7, 11) is 0. The fourth-order valence-corrected chi connectivity index (χ4v) is 6.59. The number of hydrogen-bond acceptors (Lipinski definition) is 9. The zero-order valence-electron chi connectivity index (χ0n) is 34.8. The van der Waals surface area contributed by atoms with Crippen molar-refractivity contribution in [3.05, 3.63) is 95.1 Å². The second-order valence-corrected chi connectivity index (χ2v) is 15.5. The number of nitrogens with two attached hydrogens (primary N) is 2. The molecule has 0 unspecified atom stereocenters. The van der Waals surface area contributed by atoms with Gasteiger partial charge in [-0.15, -0.1) is 12.3 Å². The maximum absolute atomic E-state index is 13.8. The number of carbonyl (C=O) groups is 5. The molecule has 320 valence electrons. The molecular weight excluding hydrogens is 767 g/mol. The Kier molecular flexibility index (Phi) is 17.3. The highest BCUT2D eigenvalue weighted by atomic mass is 16.6. The van der Waals surface area contributed by atoms with Crippen LogP contribution in [0.4, 0.5) is 9.59 Å². The number of alkyl carbamates (subject to hydrolysis) is 2. The van der Waals surface area contributed by atoms with E-state index in [9.17, 15) is 24.0 Å². The summed E-state index contributed by atoms with van der Waals surface area (Å²) in [5.74, 6) is -0.0654. The average Bonchev–Trinajstić information content (AvgIpc) is 3.52. The molecule has 8 N–H and O–H groups in total. The summed E-state index contributed by atoms with van der Waals surface area (Å²) in [6, 6.07) is 19.7. The molecule has 3 aromatic rings. The number of aliphatic imine (C=N–C) groups is 1. The lowest BCUT2D eigenvalue weighted by molar-refractivity contribution is -0.149. The standard InChI is InChI=1S/C45H57N7O8/c1-6-14-36(39(53)51-38(19-11-12-25-49-43(56)60-45(3,4)5)41(55)58-27-30-23-21-29(2)22-24-30)50-40(54)37(20-13-26-48-42(46)47)52-44(57)59-28-35-33-17-9-7-15-31(33)32-16-8-10-18-34(32)35/h1,7-10,15-18,21-24,35-38H,11-14,19-20,25-28H2,2-5H3,(H,49,56)(H,50,54)(H,51,53)(H,52,57)(H4,46,47,48)/t36-,37-,38-/m0/s1. The van der Waals surface area contributed by atoms with Crippen molar-refractivity contribution in [1.82, 2.24) is 21.3 Å². The molecule has 3 aromatic carbocycles. The molecule has 0 aromatic heterocycles. The third kappa shape index (κ3) is 14.7. The van der Waals surface area contributed by atoms with E-state index in [-0.39, 0.29) is 57.4 Å². The van der Waals surface area contributed by atoms with E-state index in [2.05, 4.69) is 32.2 Å². The Morgan fingerprint density at radius 2 is 1.37 bits per heavy atom. The van der Waals surface area contributed by atoms with Crippen LogP contribution in [0.15, 0.2) is 77.8 Å². The van der Waals surface area contributed by atoms with Crippen LogP contribution >= 0.6 is 0 Å². The number of nitrogens with zero attached hydrogens (tertiary/aromatic N) is 1. The molecule has 15 heteroatoms. The predicted molar refractivity (Wildman–Crippen MR) is 228 cm³/mol. The van der Waals surface area contributed by atoms with Crippen molar-refractivity contribution in [3.8, 4) is 23.5 Å². The van der Waals surface area contributed by atoms with Crippen LogP contribution in [0.2, 0.25) is 0 Å². The zero-order valence-corrected chi connectivity index (χ0v) is 34.8. The lowest BCUT2D eigenvalue weighted by Gasteiger charge is -2.24. The lowest BCUT2D eigenvalue weighted by atomic mass is 9.98. The smallest absolute Gasteiger partial charge is 0.407 e. The second-order valence-electron chi connectivity index (χ2n) is 15.5. The Morgan fingerprint density at radius 1 is 0.767 bits per heavy atom. The number of esters is 1. The Bertz CT molecular complexity index is 1970. The number of hydrogen-bond donors (Lipinski definition) is 6. The molecule has 60 heavy (non-hydrogen) atoms. The van der Waals surface area contributed by atoms with Crippen molar-refractivity contribution in [2.24, 2.45) is 16.5 Å². The third-order valence-electron chi connectivity index (χ3n) is 9.54. The number of terminal acetylenes is 1. The van der Waals surface area contributed by atoms with Crippen molar-refractivity contribution in [2.75, 3.05) is 19.7 Å². The zero-order chi connectivity index (χ0) is 43.7. The van der Waals surface area contributed by atoms with Gasteiger partial charge in [-0.25, -0.2) is 14.4 Å². The lowest BCUT2D eigenvalue weighted by Crippen LogP contribution is -2.55. The molecular formula is C45H57N7O8. The maximum Gasteiger partial charge on any atom is 0.407 e. The van der Waals surface area contributed by atoms with Crippen molar-refractivity contribution in [2.45, 2.75) is 102 Å². The summed E-state index contributed by atoms with van der Waals surface area (Å²) in [5.41, 5.74) is 16.3. The number of unbranched alkanes of at least 4 members (excludes halogenated alkanes) is 1. The number of carbonyl (C=O) groups excluding carboxylic acids is 5. The summed E-state index contributed by atoms with van der Waals surface area (Å²) in [5, 5.41) is 10.7. The Hall–Kier alpha value is -6.56. The van der Waals surface area contributed by atoms with Crippen LogP contribution in [-0.2, 0) is 35.2 Å². The van der Waals surface area contributed by atoms with Crippen molar-refractivity contribution >= 4 is 35.9 Å². The molecule has 0 heterocycles. The van der Waals surface area contributed by atoms with E-state index in [1.807, 2.05) is 79.7 Å². The van der Waals surface area contributed by atoms with Gasteiger partial charge in [-0.05, 0) is 87.6 Å². The maximum atomic E-state index is 13.8. The second kappa shape index (κ2) is 22.6. The van der Waals surface area contributed by atoms with Gasteiger partial charge in [0.15, 0.2) is 5.96 Å². The van der Waals surface area contributed by atoms with Crippen molar-refractivity contribution < 1.29 is 38.2 Å². The van der Waals surface area contributed by atoms with Crippen molar-refractivity contribution in [3.63, 3.8) is 0 Å². The number of aryl methyl sites for hydroxylation is 1. The third-order valence-corrected chi connectivity index (χ3v) is 9.54. The largest absolute Gasteiger partial charge is 0.459 e. The molecule has 4 rings (SSSR count). The average molecular weight is 824 g/mol. The van der Waals surface area contributed by atoms with Crippen LogP contribution in [0.3, 0.4) is 0 Å². The minimum atomic E-state index is -1.28. The summed E-state index contributed by atoms with van der Waals surface area (Å²) in [4.78, 5) is 70.4. The van der Waals surface area contributed by atoms with Crippen molar-refractivity contribution in [1.29, 1.82) is 0 Å². The van der Waals surface area contributed by atoms with Crippen LogP contribution in [0.5, 0.6) is 0 Å². The SMILES string of the molecule is C#CC[C@H](NC(=O)[C@H](CCCN=C(N)N)NC(=O)OCC1c2ccccc2-c2ccccc21)C(=O)N[C@@H](CCCCNC(=O)OC(C)(C)C)C(=O)OCc1ccc(C)cc1. The van der Waals surface area contributed by atoms with E-state index in [0.717, 1.165) is 33.4 Å². The molecule has 0 saturated heterocycles. The molecule has 4 amide bonds. The molecule has 0 saturated carbocycles. The van der Waals surface area contributed by atoms with E-state index in [1.54, 1.807) is 20.8 Å². The van der Waals surface area contributed by atoms with Gasteiger partial charge >= 0.3 is 18.2 Å².